The topological polar surface area (TPSA) is 50.8 Å². The molecule has 1 rings (SSSR count). The van der Waals surface area contributed by atoms with E-state index >= 15 is 0 Å². The lowest BCUT2D eigenvalue weighted by Crippen LogP contribution is -2.40. The number of hydrogen-bond acceptors (Lipinski definition) is 3. The van der Waals surface area contributed by atoms with E-state index in [0.717, 1.165) is 5.46 Å². The van der Waals surface area contributed by atoms with Gasteiger partial charge in [0.1, 0.15) is 13.9 Å². The Kier molecular flexibility index (Phi) is 3.73. The molecule has 0 saturated carbocycles. The second-order valence-electron chi connectivity index (χ2n) is 5.84. The highest BCUT2D eigenvalue weighted by molar-refractivity contribution is 6.48. The first-order valence-corrected chi connectivity index (χ1v) is 5.74. The fraction of sp³-hybridized carbons (Fsp3) is 0.636. The molecule has 0 bridgehead atoms. The number of aryl methyl sites for hydroxylation is 1. The molecule has 0 aliphatic heterocycles. The first kappa shape index (κ1) is 13.9. The van der Waals surface area contributed by atoms with Crippen LogP contribution in [-0.4, -0.2) is 30.7 Å². The van der Waals surface area contributed by atoms with Crippen molar-refractivity contribution in [2.24, 2.45) is 7.05 Å². The average Bonchev–Trinajstić information content (AvgIpc) is 2.54. The van der Waals surface area contributed by atoms with Crippen molar-refractivity contribution in [1.82, 2.24) is 9.78 Å². The van der Waals surface area contributed by atoms with Gasteiger partial charge >= 0.3 is 7.48 Å². The number of nitriles is 1. The summed E-state index contributed by atoms with van der Waals surface area (Å²) in [4.78, 5) is 0. The Hall–Kier alpha value is -1.21. The van der Waals surface area contributed by atoms with Gasteiger partial charge in [0.05, 0.1) is 0 Å². The van der Waals surface area contributed by atoms with E-state index < -0.39 is 0 Å². The van der Waals surface area contributed by atoms with Crippen LogP contribution in [0.3, 0.4) is 0 Å². The van der Waals surface area contributed by atoms with Crippen LogP contribution in [0, 0.1) is 11.3 Å². The zero-order chi connectivity index (χ0) is 13.3. The van der Waals surface area contributed by atoms with Crippen LogP contribution in [0.25, 0.3) is 0 Å². The lowest BCUT2D eigenvalue weighted by atomic mass is 9.61. The number of nitrogens with zero attached hydrogens (tertiary/aromatic N) is 3. The Morgan fingerprint density at radius 1 is 1.47 bits per heavy atom. The van der Waals surface area contributed by atoms with Gasteiger partial charge in [0.15, 0.2) is 5.69 Å². The molecule has 0 atom stereocenters. The zero-order valence-corrected chi connectivity index (χ0v) is 11.5. The Labute approximate surface area is 105 Å². The molecule has 4 nitrogen and oxygen atoms in total. The van der Waals surface area contributed by atoms with Gasteiger partial charge in [0, 0.05) is 24.3 Å². The lowest BCUT2D eigenvalue weighted by Gasteiger charge is -2.39. The zero-order valence-electron chi connectivity index (χ0n) is 11.5. The fourth-order valence-corrected chi connectivity index (χ4v) is 1.21. The summed E-state index contributed by atoms with van der Waals surface area (Å²) in [6, 6.07) is 2.08. The van der Waals surface area contributed by atoms with Crippen molar-refractivity contribution in [1.29, 1.82) is 5.26 Å². The minimum absolute atomic E-state index is 0.0437. The molecule has 6 heteroatoms. The van der Waals surface area contributed by atoms with Gasteiger partial charge in [-0.1, -0.05) is 13.8 Å². The minimum atomic E-state index is -0.254. The molecule has 0 aromatic carbocycles. The van der Waals surface area contributed by atoms with E-state index in [1.807, 2.05) is 6.20 Å². The molecular weight excluding hydrogens is 212 g/mol. The van der Waals surface area contributed by atoms with Crippen LogP contribution in [0.5, 0.6) is 0 Å². The molecule has 1 aromatic rings. The number of aromatic nitrogens is 2. The highest BCUT2D eigenvalue weighted by Gasteiger charge is 2.33. The van der Waals surface area contributed by atoms with E-state index in [1.54, 1.807) is 11.7 Å². The minimum Gasteiger partial charge on any atom is -0.430 e. The monoisotopic (exact) mass is 231 g/mol. The van der Waals surface area contributed by atoms with Crippen LogP contribution < -0.4 is 5.46 Å². The predicted octanol–water partition coefficient (Wildman–Crippen LogP) is -0.105. The first-order chi connectivity index (χ1) is 7.67. The lowest BCUT2D eigenvalue weighted by molar-refractivity contribution is 0.0767. The molecule has 0 amide bonds. The molecule has 1 heterocycles. The van der Waals surface area contributed by atoms with Crippen molar-refractivity contribution in [3.05, 3.63) is 11.9 Å². The number of hydrogen-bond donors (Lipinski definition) is 0. The molecule has 0 aliphatic rings. The molecule has 0 aliphatic carbocycles. The Bertz CT molecular complexity index is 441. The summed E-state index contributed by atoms with van der Waals surface area (Å²) in [6.45, 7) is 8.41. The Balaban J connectivity index is 2.78. The third-order valence-electron chi connectivity index (χ3n) is 3.41. The van der Waals surface area contributed by atoms with Crippen LogP contribution >= 0.6 is 0 Å². The summed E-state index contributed by atoms with van der Waals surface area (Å²) in [6.07, 6.45) is 1.83. The second-order valence-corrected chi connectivity index (χ2v) is 5.84. The summed E-state index contributed by atoms with van der Waals surface area (Å²) in [7, 11) is 4.36. The molecule has 1 aromatic heterocycles. The fourth-order valence-electron chi connectivity index (χ4n) is 1.21. The summed E-state index contributed by atoms with van der Waals surface area (Å²) in [5.41, 5.74) is 1.03. The molecule has 0 fully saturated rings. The van der Waals surface area contributed by atoms with Gasteiger partial charge in [-0.05, 0) is 19.2 Å². The van der Waals surface area contributed by atoms with Crippen molar-refractivity contribution in [2.45, 2.75) is 38.6 Å². The third kappa shape index (κ3) is 3.13. The molecule has 0 radical (unpaired) electrons. The van der Waals surface area contributed by atoms with Gasteiger partial charge in [-0.15, -0.1) is 0 Å². The maximum Gasteiger partial charge on any atom is 0.313 e. The summed E-state index contributed by atoms with van der Waals surface area (Å²) < 4.78 is 7.57. The van der Waals surface area contributed by atoms with Crippen LogP contribution in [-0.2, 0) is 11.7 Å². The van der Waals surface area contributed by atoms with Crippen molar-refractivity contribution >= 4 is 20.8 Å². The molecule has 0 N–H and O–H groups in total. The third-order valence-corrected chi connectivity index (χ3v) is 3.41. The summed E-state index contributed by atoms with van der Waals surface area (Å²) in [5, 5.41) is 13.1. The van der Waals surface area contributed by atoms with Crippen molar-refractivity contribution < 1.29 is 4.65 Å². The van der Waals surface area contributed by atoms with E-state index in [9.17, 15) is 0 Å². The molecule has 90 valence electrons. The van der Waals surface area contributed by atoms with Gasteiger partial charge < -0.3 is 4.65 Å². The quantitative estimate of drug-likeness (QED) is 0.679. The summed E-state index contributed by atoms with van der Waals surface area (Å²) >= 11 is 0. The van der Waals surface area contributed by atoms with Crippen molar-refractivity contribution in [3.63, 3.8) is 0 Å². The smallest absolute Gasteiger partial charge is 0.313 e. The van der Waals surface area contributed by atoms with Crippen LogP contribution in [0.2, 0.25) is 5.31 Å². The standard InChI is InChI=1S/C11H19B2N3O/c1-10(2,12)11(3,4)17-13-8-7-16(5)15-9(8)6-14/h7,13H,12H2,1-5H3. The molecule has 0 spiro atoms. The highest BCUT2D eigenvalue weighted by Crippen LogP contribution is 2.36. The van der Waals surface area contributed by atoms with Crippen molar-refractivity contribution in [3.8, 4) is 6.07 Å². The van der Waals surface area contributed by atoms with E-state index in [0.29, 0.717) is 13.2 Å². The number of rotatable bonds is 4. The van der Waals surface area contributed by atoms with E-state index in [4.69, 9.17) is 9.92 Å². The molecular formula is C11H19B2N3O. The van der Waals surface area contributed by atoms with E-state index in [-0.39, 0.29) is 10.9 Å². The van der Waals surface area contributed by atoms with E-state index in [2.05, 4.69) is 46.7 Å². The van der Waals surface area contributed by atoms with Gasteiger partial charge in [0.2, 0.25) is 0 Å². The first-order valence-electron chi connectivity index (χ1n) is 5.74. The Morgan fingerprint density at radius 3 is 2.53 bits per heavy atom. The predicted molar refractivity (Wildman–Crippen MR) is 72.5 cm³/mol. The molecule has 0 unspecified atom stereocenters. The van der Waals surface area contributed by atoms with Crippen LogP contribution in [0.4, 0.5) is 0 Å². The van der Waals surface area contributed by atoms with Gasteiger partial charge in [-0.25, -0.2) is 0 Å². The maximum atomic E-state index is 8.94. The largest absolute Gasteiger partial charge is 0.430 e. The molecule has 17 heavy (non-hydrogen) atoms. The molecule has 0 saturated heterocycles. The summed E-state index contributed by atoms with van der Waals surface area (Å²) in [5.74, 6) is 0. The van der Waals surface area contributed by atoms with Crippen molar-refractivity contribution in [2.75, 3.05) is 0 Å². The Morgan fingerprint density at radius 2 is 2.06 bits per heavy atom. The highest BCUT2D eigenvalue weighted by atomic mass is 16.5. The SMILES string of the molecule is BC(C)(C)C(C)(C)OBc1cn(C)nc1C#N. The second kappa shape index (κ2) is 4.58. The van der Waals surface area contributed by atoms with Gasteiger partial charge in [-0.2, -0.15) is 10.4 Å². The van der Waals surface area contributed by atoms with E-state index in [1.165, 1.54) is 0 Å². The van der Waals surface area contributed by atoms with Gasteiger partial charge in [0.25, 0.3) is 0 Å². The van der Waals surface area contributed by atoms with Gasteiger partial charge in [-0.3, -0.25) is 4.68 Å². The van der Waals surface area contributed by atoms with Crippen LogP contribution in [0.1, 0.15) is 33.4 Å². The maximum absolute atomic E-state index is 8.94. The average molecular weight is 231 g/mol. The van der Waals surface area contributed by atoms with Crippen LogP contribution in [0.15, 0.2) is 6.20 Å². The normalized spacial score (nSPS) is 12.2.